The molecule has 0 bridgehead atoms. The maximum Gasteiger partial charge on any atom is 0.250 e. The molecular weight excluding hydrogens is 398 g/mol. The number of carbonyl (C=O) groups excluding carboxylic acids is 2. The van der Waals surface area contributed by atoms with Crippen LogP contribution in [0, 0.1) is 5.92 Å². The molecule has 0 saturated heterocycles. The van der Waals surface area contributed by atoms with E-state index < -0.39 is 6.04 Å². The van der Waals surface area contributed by atoms with Crippen molar-refractivity contribution in [2.45, 2.75) is 57.0 Å². The number of aryl methyl sites for hydroxylation is 1. The SMILES string of the molecule is N[C@H](C(=O)N[C@H](/C=C/C(=O)N1CCc2ccccc21)CCc1ccccc1)C1CCCC1. The first-order valence-electron chi connectivity index (χ1n) is 11.8. The molecule has 5 nitrogen and oxygen atoms in total. The third kappa shape index (κ3) is 5.46. The Balaban J connectivity index is 1.43. The lowest BCUT2D eigenvalue weighted by Crippen LogP contribution is -2.48. The Kier molecular flexibility index (Phi) is 7.38. The van der Waals surface area contributed by atoms with Gasteiger partial charge in [0, 0.05) is 24.4 Å². The average molecular weight is 432 g/mol. The summed E-state index contributed by atoms with van der Waals surface area (Å²) in [6.45, 7) is 0.691. The number of benzene rings is 2. The molecule has 1 aliphatic carbocycles. The van der Waals surface area contributed by atoms with Crippen LogP contribution >= 0.6 is 0 Å². The smallest absolute Gasteiger partial charge is 0.250 e. The predicted molar refractivity (Wildman–Crippen MR) is 128 cm³/mol. The Bertz CT molecular complexity index is 950. The molecular formula is C27H33N3O2. The van der Waals surface area contributed by atoms with E-state index in [9.17, 15) is 9.59 Å². The normalized spacial score (nSPS) is 18.0. The van der Waals surface area contributed by atoms with E-state index in [0.717, 1.165) is 44.2 Å². The molecule has 1 saturated carbocycles. The molecule has 4 rings (SSSR count). The van der Waals surface area contributed by atoms with Crippen LogP contribution in [0.15, 0.2) is 66.7 Å². The minimum absolute atomic E-state index is 0.0472. The topological polar surface area (TPSA) is 75.4 Å². The molecule has 168 valence electrons. The first kappa shape index (κ1) is 22.3. The number of amides is 2. The molecule has 1 aliphatic heterocycles. The molecule has 0 unspecified atom stereocenters. The van der Waals surface area contributed by atoms with Crippen LogP contribution in [0.3, 0.4) is 0 Å². The van der Waals surface area contributed by atoms with Crippen molar-refractivity contribution >= 4 is 17.5 Å². The van der Waals surface area contributed by atoms with Gasteiger partial charge in [0.25, 0.3) is 5.91 Å². The molecule has 1 fully saturated rings. The number of nitrogens with zero attached hydrogens (tertiary/aromatic N) is 1. The number of rotatable bonds is 8. The fraction of sp³-hybridized carbons (Fsp3) is 0.407. The van der Waals surface area contributed by atoms with Crippen molar-refractivity contribution in [3.63, 3.8) is 0 Å². The summed E-state index contributed by atoms with van der Waals surface area (Å²) < 4.78 is 0. The van der Waals surface area contributed by atoms with Crippen molar-refractivity contribution in [1.82, 2.24) is 5.32 Å². The van der Waals surface area contributed by atoms with Gasteiger partial charge in [0.1, 0.15) is 0 Å². The molecule has 2 atom stereocenters. The van der Waals surface area contributed by atoms with Gasteiger partial charge in [0.05, 0.1) is 6.04 Å². The van der Waals surface area contributed by atoms with Crippen LogP contribution in [0.2, 0.25) is 0 Å². The second kappa shape index (κ2) is 10.6. The van der Waals surface area contributed by atoms with Crippen molar-refractivity contribution in [2.24, 2.45) is 11.7 Å². The number of anilines is 1. The highest BCUT2D eigenvalue weighted by Crippen LogP contribution is 2.28. The summed E-state index contributed by atoms with van der Waals surface area (Å²) in [5.41, 5.74) is 9.67. The van der Waals surface area contributed by atoms with Gasteiger partial charge in [-0.3, -0.25) is 9.59 Å². The van der Waals surface area contributed by atoms with Crippen molar-refractivity contribution in [3.05, 3.63) is 77.9 Å². The fourth-order valence-corrected chi connectivity index (χ4v) is 4.85. The van der Waals surface area contributed by atoms with Crippen LogP contribution in [-0.4, -0.2) is 30.4 Å². The molecule has 3 N–H and O–H groups in total. The molecule has 2 amide bonds. The molecule has 2 aromatic carbocycles. The zero-order chi connectivity index (χ0) is 22.3. The van der Waals surface area contributed by atoms with Gasteiger partial charge in [0.2, 0.25) is 5.91 Å². The number of hydrogen-bond acceptors (Lipinski definition) is 3. The molecule has 0 radical (unpaired) electrons. The quantitative estimate of drug-likeness (QED) is 0.625. The van der Waals surface area contributed by atoms with E-state index in [4.69, 9.17) is 5.73 Å². The van der Waals surface area contributed by atoms with Gasteiger partial charge >= 0.3 is 0 Å². The van der Waals surface area contributed by atoms with E-state index in [1.807, 2.05) is 47.4 Å². The lowest BCUT2D eigenvalue weighted by molar-refractivity contribution is -0.124. The van der Waals surface area contributed by atoms with Gasteiger partial charge in [-0.15, -0.1) is 0 Å². The van der Waals surface area contributed by atoms with Gasteiger partial charge in [-0.1, -0.05) is 67.4 Å². The third-order valence-corrected chi connectivity index (χ3v) is 6.75. The van der Waals surface area contributed by atoms with Crippen LogP contribution in [0.5, 0.6) is 0 Å². The maximum atomic E-state index is 12.9. The van der Waals surface area contributed by atoms with E-state index in [-0.39, 0.29) is 23.8 Å². The number of fused-ring (bicyclic) bond motifs is 1. The Morgan fingerprint density at radius 1 is 1.06 bits per heavy atom. The van der Waals surface area contributed by atoms with E-state index in [1.54, 1.807) is 6.08 Å². The molecule has 1 heterocycles. The van der Waals surface area contributed by atoms with Crippen molar-refractivity contribution in [2.75, 3.05) is 11.4 Å². The van der Waals surface area contributed by atoms with Crippen LogP contribution < -0.4 is 16.0 Å². The molecule has 2 aromatic rings. The Labute approximate surface area is 190 Å². The fourth-order valence-electron chi connectivity index (χ4n) is 4.85. The number of nitrogens with one attached hydrogen (secondary N) is 1. The van der Waals surface area contributed by atoms with Gasteiger partial charge in [0.15, 0.2) is 0 Å². The largest absolute Gasteiger partial charge is 0.349 e. The lowest BCUT2D eigenvalue weighted by Gasteiger charge is -2.22. The molecule has 0 spiro atoms. The number of nitrogens with two attached hydrogens (primary N) is 1. The minimum atomic E-state index is -0.480. The third-order valence-electron chi connectivity index (χ3n) is 6.75. The van der Waals surface area contributed by atoms with Gasteiger partial charge < -0.3 is 16.0 Å². The average Bonchev–Trinajstić information content (AvgIpc) is 3.51. The van der Waals surface area contributed by atoms with E-state index >= 15 is 0 Å². The predicted octanol–water partition coefficient (Wildman–Crippen LogP) is 3.77. The standard InChI is InChI=1S/C27H33N3O2/c28-26(22-11-4-5-12-22)27(32)29-23(15-14-20-8-2-1-3-9-20)16-17-25(31)30-19-18-21-10-6-7-13-24(21)30/h1-3,6-10,13,16-17,22-23,26H,4-5,11-12,14-15,18-19,28H2,(H,29,32)/b17-16+/t23-,26-/m0/s1. The van der Waals surface area contributed by atoms with Gasteiger partial charge in [-0.05, 0) is 55.2 Å². The summed E-state index contributed by atoms with van der Waals surface area (Å²) in [5.74, 6) is 0.101. The Morgan fingerprint density at radius 3 is 2.56 bits per heavy atom. The number of carbonyl (C=O) groups is 2. The monoisotopic (exact) mass is 431 g/mol. The maximum absolute atomic E-state index is 12.9. The number of para-hydroxylation sites is 1. The van der Waals surface area contributed by atoms with E-state index in [2.05, 4.69) is 23.5 Å². The first-order chi connectivity index (χ1) is 15.6. The summed E-state index contributed by atoms with van der Waals surface area (Å²) in [6, 6.07) is 17.5. The summed E-state index contributed by atoms with van der Waals surface area (Å²) in [5, 5.41) is 3.11. The second-order valence-electron chi connectivity index (χ2n) is 8.94. The zero-order valence-corrected chi connectivity index (χ0v) is 18.6. The van der Waals surface area contributed by atoms with Crippen molar-refractivity contribution in [3.8, 4) is 0 Å². The van der Waals surface area contributed by atoms with Gasteiger partial charge in [-0.2, -0.15) is 0 Å². The molecule has 2 aliphatic rings. The molecule has 32 heavy (non-hydrogen) atoms. The van der Waals surface area contributed by atoms with Crippen molar-refractivity contribution < 1.29 is 9.59 Å². The van der Waals surface area contributed by atoms with Gasteiger partial charge in [-0.25, -0.2) is 0 Å². The lowest BCUT2D eigenvalue weighted by atomic mass is 9.97. The summed E-state index contributed by atoms with van der Waals surface area (Å²) in [7, 11) is 0. The highest BCUT2D eigenvalue weighted by Gasteiger charge is 2.28. The van der Waals surface area contributed by atoms with Crippen molar-refractivity contribution in [1.29, 1.82) is 0 Å². The first-order valence-corrected chi connectivity index (χ1v) is 11.8. The van der Waals surface area contributed by atoms with Crippen LogP contribution in [0.4, 0.5) is 5.69 Å². The zero-order valence-electron chi connectivity index (χ0n) is 18.6. The Morgan fingerprint density at radius 2 is 1.78 bits per heavy atom. The van der Waals surface area contributed by atoms with E-state index in [1.165, 1.54) is 11.1 Å². The minimum Gasteiger partial charge on any atom is -0.349 e. The Hall–Kier alpha value is -2.92. The number of hydrogen-bond donors (Lipinski definition) is 2. The van der Waals surface area contributed by atoms with Crippen LogP contribution in [0.25, 0.3) is 0 Å². The van der Waals surface area contributed by atoms with Crippen LogP contribution in [-0.2, 0) is 22.4 Å². The molecule has 5 heteroatoms. The van der Waals surface area contributed by atoms with Crippen LogP contribution in [0.1, 0.15) is 43.2 Å². The highest BCUT2D eigenvalue weighted by molar-refractivity contribution is 6.03. The summed E-state index contributed by atoms with van der Waals surface area (Å²) in [4.78, 5) is 27.6. The summed E-state index contributed by atoms with van der Waals surface area (Å²) >= 11 is 0. The second-order valence-corrected chi connectivity index (χ2v) is 8.94. The van der Waals surface area contributed by atoms with E-state index in [0.29, 0.717) is 13.0 Å². The molecule has 0 aromatic heterocycles. The summed E-state index contributed by atoms with van der Waals surface area (Å²) in [6.07, 6.45) is 10.2. The highest BCUT2D eigenvalue weighted by atomic mass is 16.2.